The number of fused-ring (bicyclic) bond motifs is 5. The molecule has 1 aromatic carbocycles. The standard InChI is InChI=1S/C20H18Br2N2O5/c1-9(20(27)28-2)29-17-13(21)5-10(6-14(17)22)8-23-24-18(25)15-11-3-4-12(7-11)16(15)19(24)26/h3-6,8-9,11-12,15-16H,7H2,1-2H3/t9-,11+,12+,15-,16+/m1/s1. The van der Waals surface area contributed by atoms with Crippen LogP contribution in [0.3, 0.4) is 0 Å². The third-order valence-electron chi connectivity index (χ3n) is 5.62. The van der Waals surface area contributed by atoms with Crippen LogP contribution in [0.15, 0.2) is 38.3 Å². The van der Waals surface area contributed by atoms with Crippen molar-refractivity contribution in [1.29, 1.82) is 0 Å². The van der Waals surface area contributed by atoms with Crippen molar-refractivity contribution in [2.75, 3.05) is 7.11 Å². The first-order valence-electron chi connectivity index (χ1n) is 9.15. The Bertz CT molecular complexity index is 907. The largest absolute Gasteiger partial charge is 0.477 e. The predicted octanol–water partition coefficient (Wildman–Crippen LogP) is 3.29. The van der Waals surface area contributed by atoms with Gasteiger partial charge in [-0.1, -0.05) is 12.2 Å². The summed E-state index contributed by atoms with van der Waals surface area (Å²) in [6, 6.07) is 3.45. The Kier molecular flexibility index (Phi) is 5.37. The maximum absolute atomic E-state index is 12.7. The fourth-order valence-corrected chi connectivity index (χ4v) is 5.69. The number of rotatable bonds is 5. The lowest BCUT2D eigenvalue weighted by atomic mass is 9.85. The third-order valence-corrected chi connectivity index (χ3v) is 6.80. The number of ether oxygens (including phenoxy) is 2. The van der Waals surface area contributed by atoms with Gasteiger partial charge in [-0.15, -0.1) is 0 Å². The second-order valence-electron chi connectivity index (χ2n) is 7.33. The van der Waals surface area contributed by atoms with Crippen molar-refractivity contribution < 1.29 is 23.9 Å². The molecule has 2 bridgehead atoms. The van der Waals surface area contributed by atoms with Crippen molar-refractivity contribution in [3.8, 4) is 5.75 Å². The Labute approximate surface area is 184 Å². The minimum Gasteiger partial charge on any atom is -0.477 e. The second-order valence-corrected chi connectivity index (χ2v) is 9.04. The molecule has 1 aromatic rings. The van der Waals surface area contributed by atoms with Gasteiger partial charge in [0.2, 0.25) is 0 Å². The number of benzene rings is 1. The zero-order valence-electron chi connectivity index (χ0n) is 15.7. The summed E-state index contributed by atoms with van der Waals surface area (Å²) in [5.74, 6) is -0.750. The fraction of sp³-hybridized carbons (Fsp3) is 0.400. The molecular formula is C20H18Br2N2O5. The van der Waals surface area contributed by atoms with Crippen LogP contribution >= 0.6 is 31.9 Å². The van der Waals surface area contributed by atoms with Crippen LogP contribution in [0.5, 0.6) is 5.75 Å². The maximum atomic E-state index is 12.7. The SMILES string of the molecule is COC(=O)[C@@H](C)Oc1c(Br)cc(C=NN2C(=O)[C@@H]3[C@H](C2=O)[C@H]2C=C[C@H]3C2)cc1Br. The smallest absolute Gasteiger partial charge is 0.346 e. The van der Waals surface area contributed by atoms with Crippen molar-refractivity contribution >= 4 is 55.9 Å². The van der Waals surface area contributed by atoms with Gasteiger partial charge in [-0.3, -0.25) is 9.59 Å². The van der Waals surface area contributed by atoms with Gasteiger partial charge in [0.1, 0.15) is 5.75 Å². The number of carbonyl (C=O) groups excluding carboxylic acids is 3. The number of hydrazone groups is 1. The van der Waals surface area contributed by atoms with Crippen LogP contribution in [0.4, 0.5) is 0 Å². The normalized spacial score (nSPS) is 28.3. The highest BCUT2D eigenvalue weighted by molar-refractivity contribution is 9.11. The minimum absolute atomic E-state index is 0.151. The quantitative estimate of drug-likeness (QED) is 0.255. The Balaban J connectivity index is 1.52. The number of imide groups is 1. The summed E-state index contributed by atoms with van der Waals surface area (Å²) in [7, 11) is 1.29. The molecule has 152 valence electrons. The van der Waals surface area contributed by atoms with E-state index in [0.29, 0.717) is 20.3 Å². The van der Waals surface area contributed by atoms with Crippen molar-refractivity contribution in [2.45, 2.75) is 19.4 Å². The molecular weight excluding hydrogens is 508 g/mol. The van der Waals surface area contributed by atoms with Gasteiger partial charge < -0.3 is 9.47 Å². The number of allylic oxidation sites excluding steroid dienone is 2. The number of amides is 2. The zero-order chi connectivity index (χ0) is 20.9. The molecule has 0 aromatic heterocycles. The van der Waals surface area contributed by atoms with Crippen LogP contribution in [0.1, 0.15) is 18.9 Å². The first-order chi connectivity index (χ1) is 13.8. The molecule has 1 aliphatic heterocycles. The van der Waals surface area contributed by atoms with Crippen molar-refractivity contribution in [2.24, 2.45) is 28.8 Å². The van der Waals surface area contributed by atoms with Gasteiger partial charge in [-0.05, 0) is 74.7 Å². The first-order valence-corrected chi connectivity index (χ1v) is 10.7. The lowest BCUT2D eigenvalue weighted by molar-refractivity contribution is -0.148. The monoisotopic (exact) mass is 524 g/mol. The van der Waals surface area contributed by atoms with Gasteiger partial charge >= 0.3 is 5.97 Å². The first kappa shape index (κ1) is 20.3. The van der Waals surface area contributed by atoms with E-state index in [4.69, 9.17) is 4.74 Å². The fourth-order valence-electron chi connectivity index (χ4n) is 4.28. The number of methoxy groups -OCH3 is 1. The molecule has 5 atom stereocenters. The van der Waals surface area contributed by atoms with Crippen molar-refractivity contribution in [3.05, 3.63) is 38.8 Å². The number of carbonyl (C=O) groups is 3. The summed E-state index contributed by atoms with van der Waals surface area (Å²) in [6.45, 7) is 1.59. The number of halogens is 2. The minimum atomic E-state index is -0.782. The van der Waals surface area contributed by atoms with Crippen LogP contribution in [-0.4, -0.2) is 42.2 Å². The molecule has 0 unspecified atom stereocenters. The molecule has 1 saturated heterocycles. The summed E-state index contributed by atoms with van der Waals surface area (Å²) in [6.07, 6.45) is 5.67. The molecule has 1 heterocycles. The summed E-state index contributed by atoms with van der Waals surface area (Å²) in [5.41, 5.74) is 0.653. The number of hydrogen-bond acceptors (Lipinski definition) is 6. The van der Waals surface area contributed by atoms with Gasteiger partial charge in [0.15, 0.2) is 6.10 Å². The Hall–Kier alpha value is -2.00. The molecule has 3 aliphatic rings. The number of nitrogens with zero attached hydrogens (tertiary/aromatic N) is 2. The Morgan fingerprint density at radius 2 is 1.72 bits per heavy atom. The van der Waals surface area contributed by atoms with Gasteiger partial charge in [0, 0.05) is 0 Å². The molecule has 2 amide bonds. The molecule has 2 aliphatic carbocycles. The zero-order valence-corrected chi connectivity index (χ0v) is 18.8. The lowest BCUT2D eigenvalue weighted by Crippen LogP contribution is -2.28. The molecule has 0 radical (unpaired) electrons. The topological polar surface area (TPSA) is 85.3 Å². The van der Waals surface area contributed by atoms with Gasteiger partial charge in [0.25, 0.3) is 11.8 Å². The highest BCUT2D eigenvalue weighted by Gasteiger charge is 2.59. The predicted molar refractivity (Wildman–Crippen MR) is 111 cm³/mol. The Morgan fingerprint density at radius 1 is 1.17 bits per heavy atom. The summed E-state index contributed by atoms with van der Waals surface area (Å²) < 4.78 is 11.5. The van der Waals surface area contributed by atoms with E-state index in [9.17, 15) is 14.4 Å². The van der Waals surface area contributed by atoms with E-state index in [0.717, 1.165) is 11.4 Å². The third kappa shape index (κ3) is 3.44. The average Bonchev–Trinajstić information content (AvgIpc) is 3.36. The average molecular weight is 526 g/mol. The van der Waals surface area contributed by atoms with Crippen LogP contribution in [-0.2, 0) is 19.1 Å². The van der Waals surface area contributed by atoms with Crippen LogP contribution in [0.2, 0.25) is 0 Å². The van der Waals surface area contributed by atoms with E-state index < -0.39 is 12.1 Å². The summed E-state index contributed by atoms with van der Waals surface area (Å²) in [5, 5.41) is 5.18. The van der Waals surface area contributed by atoms with Crippen molar-refractivity contribution in [3.63, 3.8) is 0 Å². The van der Waals surface area contributed by atoms with Crippen molar-refractivity contribution in [1.82, 2.24) is 5.01 Å². The van der Waals surface area contributed by atoms with E-state index in [1.54, 1.807) is 19.1 Å². The van der Waals surface area contributed by atoms with E-state index in [-0.39, 0.29) is 35.5 Å². The van der Waals surface area contributed by atoms with Gasteiger partial charge in [-0.25, -0.2) is 4.79 Å². The molecule has 0 N–H and O–H groups in total. The summed E-state index contributed by atoms with van der Waals surface area (Å²) in [4.78, 5) is 36.9. The molecule has 4 rings (SSSR count). The molecule has 9 heteroatoms. The van der Waals surface area contributed by atoms with E-state index >= 15 is 0 Å². The number of hydrogen-bond donors (Lipinski definition) is 0. The maximum Gasteiger partial charge on any atom is 0.346 e. The highest BCUT2D eigenvalue weighted by Crippen LogP contribution is 2.52. The second kappa shape index (κ2) is 7.68. The number of esters is 1. The van der Waals surface area contributed by atoms with Gasteiger partial charge in [0.05, 0.1) is 34.1 Å². The van der Waals surface area contributed by atoms with E-state index in [1.807, 2.05) is 12.2 Å². The highest BCUT2D eigenvalue weighted by atomic mass is 79.9. The van der Waals surface area contributed by atoms with E-state index in [1.165, 1.54) is 13.3 Å². The van der Waals surface area contributed by atoms with Crippen LogP contribution in [0.25, 0.3) is 0 Å². The van der Waals surface area contributed by atoms with Crippen LogP contribution in [0, 0.1) is 23.7 Å². The van der Waals surface area contributed by atoms with Crippen LogP contribution < -0.4 is 4.74 Å². The lowest BCUT2D eigenvalue weighted by Gasteiger charge is -2.16. The molecule has 0 spiro atoms. The molecule has 1 saturated carbocycles. The molecule has 29 heavy (non-hydrogen) atoms. The van der Waals surface area contributed by atoms with E-state index in [2.05, 4.69) is 41.7 Å². The van der Waals surface area contributed by atoms with Gasteiger partial charge in [-0.2, -0.15) is 10.1 Å². The summed E-state index contributed by atoms with van der Waals surface area (Å²) >= 11 is 6.83. The Morgan fingerprint density at radius 3 is 2.24 bits per heavy atom. The molecule has 7 nitrogen and oxygen atoms in total. The molecule has 2 fully saturated rings.